The minimum Gasteiger partial charge on any atom is -0.374 e. The molecule has 1 rings (SSSR count). The molecule has 1 aromatic rings. The van der Waals surface area contributed by atoms with Crippen LogP contribution in [0, 0.1) is 0 Å². The van der Waals surface area contributed by atoms with Crippen LogP contribution in [0.3, 0.4) is 0 Å². The summed E-state index contributed by atoms with van der Waals surface area (Å²) in [5.41, 5.74) is 5.37. The van der Waals surface area contributed by atoms with E-state index in [1.54, 1.807) is 0 Å². The fourth-order valence-corrected chi connectivity index (χ4v) is 1.93. The summed E-state index contributed by atoms with van der Waals surface area (Å²) in [6, 6.07) is 0. The molecule has 0 radical (unpaired) electrons. The molecule has 50 valence electrons. The zero-order chi connectivity index (χ0) is 6.69. The van der Waals surface area contributed by atoms with Gasteiger partial charge in [0.1, 0.15) is 0 Å². The summed E-state index contributed by atoms with van der Waals surface area (Å²) in [5, 5.41) is 0.604. The van der Waals surface area contributed by atoms with Gasteiger partial charge in [0.2, 0.25) is 4.80 Å². The average molecular weight is 161 g/mol. The lowest BCUT2D eigenvalue weighted by Gasteiger charge is -1.72. The van der Waals surface area contributed by atoms with Gasteiger partial charge in [-0.1, -0.05) is 0 Å². The molecule has 0 fully saturated rings. The van der Waals surface area contributed by atoms with Crippen molar-refractivity contribution in [2.24, 2.45) is 4.99 Å². The molecule has 1 heterocycles. The molecule has 0 saturated carbocycles. The van der Waals surface area contributed by atoms with E-state index in [0.717, 1.165) is 11.3 Å². The van der Waals surface area contributed by atoms with E-state index in [0.29, 0.717) is 5.13 Å². The predicted octanol–water partition coefficient (Wildman–Crippen LogP) is 0.707. The Morgan fingerprint density at radius 2 is 2.44 bits per heavy atom. The van der Waals surface area contributed by atoms with Gasteiger partial charge in [-0.15, -0.1) is 0 Å². The van der Waals surface area contributed by atoms with E-state index < -0.39 is 0 Å². The molecule has 0 aromatic carbocycles. The lowest BCUT2D eigenvalue weighted by atomic mass is 10.8. The van der Waals surface area contributed by atoms with Crippen LogP contribution in [0.4, 0.5) is 5.13 Å². The number of rotatable bonds is 1. The maximum absolute atomic E-state index is 5.37. The molecular weight excluding hydrogens is 154 g/mol. The predicted molar refractivity (Wildman–Crippen MR) is 40.5 cm³/mol. The lowest BCUT2D eigenvalue weighted by molar-refractivity contribution is 1.04. The fourth-order valence-electron chi connectivity index (χ4n) is 0.408. The molecule has 0 aliphatic carbocycles. The van der Waals surface area contributed by atoms with Gasteiger partial charge in [0, 0.05) is 6.54 Å². The van der Waals surface area contributed by atoms with Crippen molar-refractivity contribution in [3.05, 3.63) is 4.80 Å². The van der Waals surface area contributed by atoms with Crippen molar-refractivity contribution in [2.75, 3.05) is 12.3 Å². The van der Waals surface area contributed by atoms with Crippen LogP contribution >= 0.6 is 20.7 Å². The number of nitrogens with zero attached hydrogens (tertiary/aromatic N) is 2. The highest BCUT2D eigenvalue weighted by Crippen LogP contribution is 2.06. The lowest BCUT2D eigenvalue weighted by Crippen LogP contribution is -1.99. The molecule has 2 N–H and O–H groups in total. The van der Waals surface area contributed by atoms with Crippen LogP contribution in [0.1, 0.15) is 6.92 Å². The molecule has 1 aromatic heterocycles. The van der Waals surface area contributed by atoms with E-state index in [2.05, 4.69) is 9.98 Å². The maximum atomic E-state index is 5.37. The third kappa shape index (κ3) is 1.76. The van der Waals surface area contributed by atoms with Crippen molar-refractivity contribution in [3.8, 4) is 0 Å². The van der Waals surface area contributed by atoms with Crippen molar-refractivity contribution in [1.29, 1.82) is 0 Å². The first-order chi connectivity index (χ1) is 4.33. The first kappa shape index (κ1) is 6.70. The van der Waals surface area contributed by atoms with E-state index >= 15 is 0 Å². The van der Waals surface area contributed by atoms with E-state index in [1.165, 1.54) is 20.7 Å². The molecule has 9 heavy (non-hydrogen) atoms. The summed E-state index contributed by atoms with van der Waals surface area (Å²) >= 11 is 0. The number of hydrogen-bond acceptors (Lipinski definition) is 5. The Balaban J connectivity index is 2.97. The quantitative estimate of drug-likeness (QED) is 0.617. The van der Waals surface area contributed by atoms with Crippen LogP contribution < -0.4 is 10.5 Å². The molecule has 0 bridgehead atoms. The number of anilines is 1. The molecule has 0 spiro atoms. The van der Waals surface area contributed by atoms with Crippen LogP contribution in [-0.4, -0.2) is 11.5 Å². The second kappa shape index (κ2) is 2.93. The van der Waals surface area contributed by atoms with Crippen molar-refractivity contribution >= 4 is 25.8 Å². The summed E-state index contributed by atoms with van der Waals surface area (Å²) in [4.78, 5) is 8.81. The Labute approximate surface area is 60.3 Å². The van der Waals surface area contributed by atoms with Gasteiger partial charge >= 0.3 is 0 Å². The number of nitrogens with two attached hydrogens (primary N) is 1. The topological polar surface area (TPSA) is 51.3 Å². The minimum atomic E-state index is 0.604. The Hall–Kier alpha value is -0.420. The summed E-state index contributed by atoms with van der Waals surface area (Å²) in [7, 11) is 2.97. The molecule has 0 aliphatic heterocycles. The summed E-state index contributed by atoms with van der Waals surface area (Å²) in [6.45, 7) is 2.75. The van der Waals surface area contributed by atoms with Crippen LogP contribution in [0.25, 0.3) is 0 Å². The molecule has 0 aliphatic rings. The summed E-state index contributed by atoms with van der Waals surface area (Å²) < 4.78 is 0. The molecule has 0 atom stereocenters. The van der Waals surface area contributed by atoms with Crippen molar-refractivity contribution in [3.63, 3.8) is 0 Å². The highest BCUT2D eigenvalue weighted by atomic mass is 32.9. The normalized spacial score (nSPS) is 12.3. The average Bonchev–Trinajstić information content (AvgIpc) is 2.17. The van der Waals surface area contributed by atoms with Gasteiger partial charge in [-0.05, 0) is 27.6 Å². The summed E-state index contributed by atoms with van der Waals surface area (Å²) in [5.74, 6) is 0. The second-order valence-electron chi connectivity index (χ2n) is 1.37. The SMILES string of the molecule is CCN=c1nc(N)ss1. The Kier molecular flexibility index (Phi) is 2.18. The molecular formula is C4H7N3S2. The standard InChI is InChI=1S/C4H7N3S2/c1-2-6-4-7-3(5)8-9-4/h2H2,1H3,(H2,5,6,7). The van der Waals surface area contributed by atoms with Crippen molar-refractivity contribution < 1.29 is 0 Å². The van der Waals surface area contributed by atoms with Crippen LogP contribution in [0.15, 0.2) is 4.99 Å². The van der Waals surface area contributed by atoms with Gasteiger partial charge in [-0.3, -0.25) is 4.99 Å². The first-order valence-corrected chi connectivity index (χ1v) is 4.71. The van der Waals surface area contributed by atoms with E-state index in [1.807, 2.05) is 6.92 Å². The van der Waals surface area contributed by atoms with E-state index in [-0.39, 0.29) is 0 Å². The summed E-state index contributed by atoms with van der Waals surface area (Å²) in [6.07, 6.45) is 0. The van der Waals surface area contributed by atoms with Crippen LogP contribution in [-0.2, 0) is 0 Å². The van der Waals surface area contributed by atoms with Gasteiger partial charge < -0.3 is 5.73 Å². The Morgan fingerprint density at radius 1 is 1.67 bits per heavy atom. The van der Waals surface area contributed by atoms with Gasteiger partial charge in [0.25, 0.3) is 0 Å². The number of hydrogen-bond donors (Lipinski definition) is 1. The maximum Gasteiger partial charge on any atom is 0.217 e. The van der Waals surface area contributed by atoms with E-state index in [4.69, 9.17) is 5.73 Å². The Bertz CT molecular complexity index is 236. The van der Waals surface area contributed by atoms with Crippen LogP contribution in [0.5, 0.6) is 0 Å². The number of aromatic nitrogens is 1. The first-order valence-electron chi connectivity index (χ1n) is 2.56. The fraction of sp³-hybridized carbons (Fsp3) is 0.500. The van der Waals surface area contributed by atoms with Gasteiger partial charge in [0.15, 0.2) is 5.13 Å². The van der Waals surface area contributed by atoms with Crippen molar-refractivity contribution in [1.82, 2.24) is 4.98 Å². The van der Waals surface area contributed by atoms with Crippen LogP contribution in [0.2, 0.25) is 0 Å². The molecule has 0 amide bonds. The van der Waals surface area contributed by atoms with E-state index in [9.17, 15) is 0 Å². The minimum absolute atomic E-state index is 0.604. The number of nitrogen functional groups attached to an aromatic ring is 1. The Morgan fingerprint density at radius 3 is 2.89 bits per heavy atom. The molecule has 0 saturated heterocycles. The smallest absolute Gasteiger partial charge is 0.217 e. The largest absolute Gasteiger partial charge is 0.374 e. The molecule has 0 unspecified atom stereocenters. The van der Waals surface area contributed by atoms with Gasteiger partial charge in [-0.25, -0.2) is 0 Å². The van der Waals surface area contributed by atoms with Gasteiger partial charge in [-0.2, -0.15) is 4.98 Å². The zero-order valence-electron chi connectivity index (χ0n) is 5.00. The zero-order valence-corrected chi connectivity index (χ0v) is 6.63. The highest BCUT2D eigenvalue weighted by molar-refractivity contribution is 7.69. The third-order valence-corrected chi connectivity index (χ3v) is 2.63. The van der Waals surface area contributed by atoms with Gasteiger partial charge in [0.05, 0.1) is 0 Å². The third-order valence-electron chi connectivity index (χ3n) is 0.701. The highest BCUT2D eigenvalue weighted by Gasteiger charge is 1.87. The monoisotopic (exact) mass is 161 g/mol. The molecule has 3 nitrogen and oxygen atoms in total. The second-order valence-corrected chi connectivity index (χ2v) is 3.49. The molecule has 5 heteroatoms. The van der Waals surface area contributed by atoms with Crippen molar-refractivity contribution in [2.45, 2.75) is 6.92 Å².